The minimum atomic E-state index is -1.05. The van der Waals surface area contributed by atoms with Gasteiger partial charge in [0.1, 0.15) is 5.92 Å². The molecule has 0 aromatic rings. The molecule has 5 nitrogen and oxygen atoms in total. The summed E-state index contributed by atoms with van der Waals surface area (Å²) in [6, 6.07) is 0. The Labute approximate surface area is 107 Å². The number of hydrogen-bond donors (Lipinski definition) is 0. The minimum Gasteiger partial charge on any atom is -0.465 e. The highest BCUT2D eigenvalue weighted by atomic mass is 16.5. The molecule has 0 radical (unpaired) electrons. The van der Waals surface area contributed by atoms with Crippen LogP contribution in [0.15, 0.2) is 0 Å². The van der Waals surface area contributed by atoms with Crippen molar-refractivity contribution in [2.45, 2.75) is 47.1 Å². The van der Waals surface area contributed by atoms with E-state index in [0.29, 0.717) is 0 Å². The summed E-state index contributed by atoms with van der Waals surface area (Å²) in [6.45, 7) is 10.4. The molecular formula is C13H21NO4. The van der Waals surface area contributed by atoms with Crippen LogP contribution in [0.3, 0.4) is 0 Å². The fraction of sp³-hybridized carbons (Fsp3) is 0.769. The molecule has 1 saturated heterocycles. The predicted octanol–water partition coefficient (Wildman–Crippen LogP) is 1.36. The average molecular weight is 255 g/mol. The van der Waals surface area contributed by atoms with E-state index in [1.54, 1.807) is 41.5 Å². The lowest BCUT2D eigenvalue weighted by atomic mass is 9.81. The molecule has 1 aliphatic heterocycles. The van der Waals surface area contributed by atoms with Crippen molar-refractivity contribution in [2.75, 3.05) is 6.61 Å². The van der Waals surface area contributed by atoms with Gasteiger partial charge >= 0.3 is 5.97 Å². The standard InChI is InChI=1S/C13H21NO4/c1-7-18-10(16)8-9(15)14(12(2,3)4)11(17)13(8,5)6/h8H,7H2,1-6H3. The number of likely N-dealkylation sites (tertiary alicyclic amines) is 1. The Morgan fingerprint density at radius 2 is 1.83 bits per heavy atom. The first-order valence-corrected chi connectivity index (χ1v) is 6.10. The molecule has 0 N–H and O–H groups in total. The van der Waals surface area contributed by atoms with E-state index in [4.69, 9.17) is 4.74 Å². The molecule has 1 rings (SSSR count). The molecule has 0 aromatic carbocycles. The van der Waals surface area contributed by atoms with E-state index in [1.807, 2.05) is 0 Å². The summed E-state index contributed by atoms with van der Waals surface area (Å²) in [5.41, 5.74) is -1.68. The van der Waals surface area contributed by atoms with Gasteiger partial charge < -0.3 is 4.74 Å². The Kier molecular flexibility index (Phi) is 3.56. The SMILES string of the molecule is CCOC(=O)C1C(=O)N(C(C)(C)C)C(=O)C1(C)C. The van der Waals surface area contributed by atoms with Gasteiger partial charge in [-0.1, -0.05) is 0 Å². The Morgan fingerprint density at radius 1 is 1.33 bits per heavy atom. The second-order valence-corrected chi connectivity index (χ2v) is 6.06. The topological polar surface area (TPSA) is 63.7 Å². The number of hydrogen-bond acceptors (Lipinski definition) is 4. The third-order valence-electron chi connectivity index (χ3n) is 3.14. The maximum atomic E-state index is 12.3. The van der Waals surface area contributed by atoms with E-state index in [2.05, 4.69) is 0 Å². The van der Waals surface area contributed by atoms with Crippen molar-refractivity contribution in [3.63, 3.8) is 0 Å². The molecule has 0 bridgehead atoms. The highest BCUT2D eigenvalue weighted by Gasteiger charge is 2.60. The third kappa shape index (κ3) is 2.13. The average Bonchev–Trinajstić information content (AvgIpc) is 2.32. The molecule has 1 fully saturated rings. The summed E-state index contributed by atoms with van der Waals surface area (Å²) >= 11 is 0. The fourth-order valence-electron chi connectivity index (χ4n) is 2.21. The molecule has 1 atom stereocenters. The molecule has 0 spiro atoms. The zero-order valence-corrected chi connectivity index (χ0v) is 11.9. The molecule has 1 aliphatic rings. The Morgan fingerprint density at radius 3 is 2.17 bits per heavy atom. The van der Waals surface area contributed by atoms with Crippen LogP contribution in [-0.4, -0.2) is 34.8 Å². The number of carbonyl (C=O) groups excluding carboxylic acids is 3. The van der Waals surface area contributed by atoms with Crippen LogP contribution in [0, 0.1) is 11.3 Å². The highest BCUT2D eigenvalue weighted by Crippen LogP contribution is 2.41. The van der Waals surface area contributed by atoms with Crippen LogP contribution in [0.5, 0.6) is 0 Å². The summed E-state index contributed by atoms with van der Waals surface area (Å²) in [7, 11) is 0. The lowest BCUT2D eigenvalue weighted by Gasteiger charge is -2.30. The van der Waals surface area contributed by atoms with E-state index in [9.17, 15) is 14.4 Å². The van der Waals surface area contributed by atoms with Gasteiger partial charge in [-0.25, -0.2) is 0 Å². The first-order valence-electron chi connectivity index (χ1n) is 6.10. The number of rotatable bonds is 2. The van der Waals surface area contributed by atoms with E-state index < -0.39 is 28.7 Å². The summed E-state index contributed by atoms with van der Waals surface area (Å²) < 4.78 is 4.90. The molecule has 0 aliphatic carbocycles. The number of ether oxygens (including phenoxy) is 1. The van der Waals surface area contributed by atoms with Gasteiger partial charge in [0, 0.05) is 5.54 Å². The maximum absolute atomic E-state index is 12.3. The van der Waals surface area contributed by atoms with Crippen LogP contribution < -0.4 is 0 Å². The molecule has 102 valence electrons. The van der Waals surface area contributed by atoms with Crippen molar-refractivity contribution in [2.24, 2.45) is 11.3 Å². The van der Waals surface area contributed by atoms with Gasteiger partial charge in [-0.05, 0) is 41.5 Å². The quantitative estimate of drug-likeness (QED) is 0.424. The van der Waals surface area contributed by atoms with E-state index >= 15 is 0 Å². The van der Waals surface area contributed by atoms with Crippen molar-refractivity contribution in [1.29, 1.82) is 0 Å². The summed E-state index contributed by atoms with van der Waals surface area (Å²) in [4.78, 5) is 37.6. The second kappa shape index (κ2) is 4.37. The molecule has 5 heteroatoms. The first-order chi connectivity index (χ1) is 8.05. The van der Waals surface area contributed by atoms with Crippen LogP contribution in [0.4, 0.5) is 0 Å². The van der Waals surface area contributed by atoms with Gasteiger partial charge in [0.25, 0.3) is 0 Å². The molecule has 1 heterocycles. The Hall–Kier alpha value is -1.39. The summed E-state index contributed by atoms with van der Waals surface area (Å²) in [5.74, 6) is -2.44. The number of imide groups is 1. The normalized spacial score (nSPS) is 23.4. The number of carbonyl (C=O) groups is 3. The van der Waals surface area contributed by atoms with Gasteiger partial charge in [0.15, 0.2) is 0 Å². The third-order valence-corrected chi connectivity index (χ3v) is 3.14. The van der Waals surface area contributed by atoms with Gasteiger partial charge in [0.05, 0.1) is 12.0 Å². The zero-order chi connectivity index (χ0) is 14.3. The monoisotopic (exact) mass is 255 g/mol. The lowest BCUT2D eigenvalue weighted by Crippen LogP contribution is -2.46. The van der Waals surface area contributed by atoms with E-state index in [1.165, 1.54) is 4.90 Å². The van der Waals surface area contributed by atoms with Gasteiger partial charge in [-0.2, -0.15) is 0 Å². The van der Waals surface area contributed by atoms with Gasteiger partial charge in [-0.3, -0.25) is 19.3 Å². The van der Waals surface area contributed by atoms with Crippen LogP contribution in [-0.2, 0) is 19.1 Å². The van der Waals surface area contributed by atoms with Crippen molar-refractivity contribution in [3.8, 4) is 0 Å². The summed E-state index contributed by atoms with van der Waals surface area (Å²) in [5, 5.41) is 0. The highest BCUT2D eigenvalue weighted by molar-refractivity contribution is 6.15. The van der Waals surface area contributed by atoms with Crippen LogP contribution in [0.1, 0.15) is 41.5 Å². The molecule has 2 amide bonds. The van der Waals surface area contributed by atoms with Crippen LogP contribution in [0.2, 0.25) is 0 Å². The smallest absolute Gasteiger partial charge is 0.319 e. The molecule has 1 unspecified atom stereocenters. The first kappa shape index (κ1) is 14.7. The largest absolute Gasteiger partial charge is 0.465 e. The van der Waals surface area contributed by atoms with E-state index in [0.717, 1.165) is 0 Å². The maximum Gasteiger partial charge on any atom is 0.319 e. The predicted molar refractivity (Wildman–Crippen MR) is 65.5 cm³/mol. The minimum absolute atomic E-state index is 0.197. The Balaban J connectivity index is 3.19. The fourth-order valence-corrected chi connectivity index (χ4v) is 2.21. The van der Waals surface area contributed by atoms with Crippen molar-refractivity contribution in [3.05, 3.63) is 0 Å². The second-order valence-electron chi connectivity index (χ2n) is 6.06. The van der Waals surface area contributed by atoms with Gasteiger partial charge in [0.2, 0.25) is 11.8 Å². The summed E-state index contributed by atoms with van der Waals surface area (Å²) in [6.07, 6.45) is 0. The number of nitrogens with zero attached hydrogens (tertiary/aromatic N) is 1. The molecule has 0 aromatic heterocycles. The van der Waals surface area contributed by atoms with Crippen LogP contribution in [0.25, 0.3) is 0 Å². The lowest BCUT2D eigenvalue weighted by molar-refractivity contribution is -0.155. The van der Waals surface area contributed by atoms with Crippen molar-refractivity contribution >= 4 is 17.8 Å². The Bertz CT molecular complexity index is 392. The van der Waals surface area contributed by atoms with E-state index in [-0.39, 0.29) is 12.5 Å². The molecule has 18 heavy (non-hydrogen) atoms. The number of amides is 2. The van der Waals surface area contributed by atoms with Crippen molar-refractivity contribution in [1.82, 2.24) is 4.90 Å². The van der Waals surface area contributed by atoms with Gasteiger partial charge in [-0.15, -0.1) is 0 Å². The van der Waals surface area contributed by atoms with Crippen LogP contribution >= 0.6 is 0 Å². The number of esters is 1. The molecular weight excluding hydrogens is 234 g/mol. The van der Waals surface area contributed by atoms with Crippen molar-refractivity contribution < 1.29 is 19.1 Å². The zero-order valence-electron chi connectivity index (χ0n) is 11.9. The molecule has 0 saturated carbocycles.